The molecule has 0 aromatic heterocycles. The van der Waals surface area contributed by atoms with Crippen LogP contribution in [0.2, 0.25) is 0 Å². The number of amides is 1. The van der Waals surface area contributed by atoms with Crippen molar-refractivity contribution in [3.63, 3.8) is 0 Å². The van der Waals surface area contributed by atoms with Gasteiger partial charge in [-0.15, -0.1) is 0 Å². The van der Waals surface area contributed by atoms with E-state index in [1.807, 2.05) is 24.3 Å². The van der Waals surface area contributed by atoms with Crippen molar-refractivity contribution >= 4 is 5.91 Å². The normalized spacial score (nSPS) is 10.0. The summed E-state index contributed by atoms with van der Waals surface area (Å²) in [6.07, 6.45) is 0. The smallest absolute Gasteiger partial charge is 0.255 e. The maximum Gasteiger partial charge on any atom is 0.255 e. The van der Waals surface area contributed by atoms with E-state index in [0.29, 0.717) is 29.4 Å². The summed E-state index contributed by atoms with van der Waals surface area (Å²) in [6.45, 7) is 0.334. The zero-order valence-corrected chi connectivity index (χ0v) is 14.2. The number of para-hydroxylation sites is 1. The Hall–Kier alpha value is -2.89. The second kappa shape index (κ2) is 8.10. The fraction of sp³-hybridized carbons (Fsp3) is 0.278. The maximum absolute atomic E-state index is 12.5. The lowest BCUT2D eigenvalue weighted by atomic mass is 10.1. The van der Waals surface area contributed by atoms with Gasteiger partial charge < -0.3 is 24.3 Å². The molecule has 6 nitrogen and oxygen atoms in total. The number of carbonyl (C=O) groups is 1. The molecule has 0 radical (unpaired) electrons. The Bertz CT molecular complexity index is 715. The van der Waals surface area contributed by atoms with Crippen LogP contribution in [0.3, 0.4) is 0 Å². The van der Waals surface area contributed by atoms with Crippen LogP contribution in [0, 0.1) is 0 Å². The van der Waals surface area contributed by atoms with Crippen molar-refractivity contribution in [3.8, 4) is 23.0 Å². The molecule has 0 aliphatic heterocycles. The second-order valence-electron chi connectivity index (χ2n) is 4.88. The predicted molar refractivity (Wildman–Crippen MR) is 90.3 cm³/mol. The molecule has 1 N–H and O–H groups in total. The molecule has 0 unspecified atom stereocenters. The van der Waals surface area contributed by atoms with Crippen LogP contribution in [0.4, 0.5) is 0 Å². The van der Waals surface area contributed by atoms with Crippen molar-refractivity contribution in [3.05, 3.63) is 47.5 Å². The van der Waals surface area contributed by atoms with Gasteiger partial charge in [-0.1, -0.05) is 18.2 Å². The van der Waals surface area contributed by atoms with Gasteiger partial charge in [-0.2, -0.15) is 0 Å². The van der Waals surface area contributed by atoms with Gasteiger partial charge in [0.1, 0.15) is 5.75 Å². The molecule has 128 valence electrons. The van der Waals surface area contributed by atoms with Crippen molar-refractivity contribution in [2.75, 3.05) is 28.4 Å². The zero-order valence-electron chi connectivity index (χ0n) is 14.2. The van der Waals surface area contributed by atoms with Crippen molar-refractivity contribution < 1.29 is 23.7 Å². The number of methoxy groups -OCH3 is 4. The average Bonchev–Trinajstić information content (AvgIpc) is 2.64. The lowest BCUT2D eigenvalue weighted by Crippen LogP contribution is -2.23. The molecule has 0 saturated carbocycles. The molecule has 2 rings (SSSR count). The number of hydrogen-bond donors (Lipinski definition) is 1. The summed E-state index contributed by atoms with van der Waals surface area (Å²) in [5.41, 5.74) is 1.25. The second-order valence-corrected chi connectivity index (χ2v) is 4.88. The molecule has 0 spiro atoms. The molecule has 0 heterocycles. The van der Waals surface area contributed by atoms with E-state index in [2.05, 4.69) is 5.32 Å². The van der Waals surface area contributed by atoms with E-state index in [4.69, 9.17) is 18.9 Å². The Kier molecular flexibility index (Phi) is 5.89. The predicted octanol–water partition coefficient (Wildman–Crippen LogP) is 2.65. The largest absolute Gasteiger partial charge is 0.496 e. The van der Waals surface area contributed by atoms with Gasteiger partial charge in [-0.05, 0) is 18.2 Å². The number of ether oxygens (including phenoxy) is 4. The lowest BCUT2D eigenvalue weighted by molar-refractivity contribution is 0.0947. The van der Waals surface area contributed by atoms with Crippen LogP contribution in [0.25, 0.3) is 0 Å². The first-order valence-corrected chi connectivity index (χ1v) is 7.35. The number of hydrogen-bond acceptors (Lipinski definition) is 5. The number of carbonyl (C=O) groups excluding carboxylic acids is 1. The topological polar surface area (TPSA) is 66.0 Å². The molecule has 0 atom stereocenters. The SMILES string of the molecule is COc1ccccc1CNC(=O)c1ccc(OC)c(OC)c1OC. The number of nitrogens with one attached hydrogen (secondary N) is 1. The Morgan fingerprint density at radius 3 is 2.12 bits per heavy atom. The summed E-state index contributed by atoms with van der Waals surface area (Å²) in [6, 6.07) is 10.8. The minimum Gasteiger partial charge on any atom is -0.496 e. The van der Waals surface area contributed by atoms with Crippen LogP contribution in [0.1, 0.15) is 15.9 Å². The highest BCUT2D eigenvalue weighted by molar-refractivity contribution is 5.98. The summed E-state index contributed by atoms with van der Waals surface area (Å²) in [4.78, 5) is 12.5. The van der Waals surface area contributed by atoms with Gasteiger partial charge in [-0.25, -0.2) is 0 Å². The third kappa shape index (κ3) is 3.53. The third-order valence-electron chi connectivity index (χ3n) is 3.58. The van der Waals surface area contributed by atoms with Gasteiger partial charge in [0.05, 0.1) is 34.0 Å². The molecule has 0 fully saturated rings. The van der Waals surface area contributed by atoms with Crippen LogP contribution in [0.5, 0.6) is 23.0 Å². The molecule has 0 saturated heterocycles. The molecular weight excluding hydrogens is 310 g/mol. The van der Waals surface area contributed by atoms with E-state index in [1.165, 1.54) is 21.3 Å². The van der Waals surface area contributed by atoms with Crippen molar-refractivity contribution in [1.82, 2.24) is 5.32 Å². The van der Waals surface area contributed by atoms with E-state index < -0.39 is 0 Å². The van der Waals surface area contributed by atoms with Crippen LogP contribution in [0.15, 0.2) is 36.4 Å². The Morgan fingerprint density at radius 2 is 1.50 bits per heavy atom. The van der Waals surface area contributed by atoms with Crippen LogP contribution in [-0.2, 0) is 6.54 Å². The Morgan fingerprint density at radius 1 is 0.833 bits per heavy atom. The standard InChI is InChI=1S/C18H21NO5/c1-21-14-8-6-5-7-12(14)11-19-18(20)13-9-10-15(22-2)17(24-4)16(13)23-3/h5-10H,11H2,1-4H3,(H,19,20). The van der Waals surface area contributed by atoms with Crippen LogP contribution in [-0.4, -0.2) is 34.3 Å². The summed E-state index contributed by atoms with van der Waals surface area (Å²) in [5, 5.41) is 2.86. The summed E-state index contributed by atoms with van der Waals surface area (Å²) < 4.78 is 21.1. The van der Waals surface area contributed by atoms with E-state index in [-0.39, 0.29) is 5.91 Å². The van der Waals surface area contributed by atoms with Gasteiger partial charge in [-0.3, -0.25) is 4.79 Å². The van der Waals surface area contributed by atoms with Gasteiger partial charge >= 0.3 is 0 Å². The molecular formula is C18H21NO5. The Balaban J connectivity index is 2.24. The van der Waals surface area contributed by atoms with Gasteiger partial charge in [0.25, 0.3) is 5.91 Å². The highest BCUT2D eigenvalue weighted by Crippen LogP contribution is 2.39. The summed E-state index contributed by atoms with van der Waals surface area (Å²) in [7, 11) is 6.10. The van der Waals surface area contributed by atoms with E-state index in [9.17, 15) is 4.79 Å². The van der Waals surface area contributed by atoms with Gasteiger partial charge in [0.15, 0.2) is 11.5 Å². The molecule has 6 heteroatoms. The fourth-order valence-electron chi connectivity index (χ4n) is 2.40. The van der Waals surface area contributed by atoms with Crippen LogP contribution >= 0.6 is 0 Å². The number of rotatable bonds is 7. The maximum atomic E-state index is 12.5. The minimum atomic E-state index is -0.279. The van der Waals surface area contributed by atoms with E-state index in [0.717, 1.165) is 11.3 Å². The molecule has 0 aliphatic carbocycles. The molecule has 24 heavy (non-hydrogen) atoms. The van der Waals surface area contributed by atoms with Crippen molar-refractivity contribution in [2.45, 2.75) is 6.54 Å². The van der Waals surface area contributed by atoms with Gasteiger partial charge in [0.2, 0.25) is 5.75 Å². The van der Waals surface area contributed by atoms with Crippen LogP contribution < -0.4 is 24.3 Å². The monoisotopic (exact) mass is 331 g/mol. The quantitative estimate of drug-likeness (QED) is 0.845. The van der Waals surface area contributed by atoms with Gasteiger partial charge in [0, 0.05) is 12.1 Å². The molecule has 0 bridgehead atoms. The Labute approximate surface area is 141 Å². The first kappa shape index (κ1) is 17.5. The van der Waals surface area contributed by atoms with E-state index >= 15 is 0 Å². The number of benzene rings is 2. The van der Waals surface area contributed by atoms with E-state index in [1.54, 1.807) is 19.2 Å². The highest BCUT2D eigenvalue weighted by Gasteiger charge is 2.20. The first-order chi connectivity index (χ1) is 11.7. The highest BCUT2D eigenvalue weighted by atomic mass is 16.5. The van der Waals surface area contributed by atoms with Crippen molar-refractivity contribution in [1.29, 1.82) is 0 Å². The molecule has 1 amide bonds. The lowest BCUT2D eigenvalue weighted by Gasteiger charge is -2.16. The fourth-order valence-corrected chi connectivity index (χ4v) is 2.40. The average molecular weight is 331 g/mol. The molecule has 0 aliphatic rings. The zero-order chi connectivity index (χ0) is 17.5. The summed E-state index contributed by atoms with van der Waals surface area (Å²) in [5.74, 6) is 1.64. The third-order valence-corrected chi connectivity index (χ3v) is 3.58. The minimum absolute atomic E-state index is 0.279. The first-order valence-electron chi connectivity index (χ1n) is 7.35. The van der Waals surface area contributed by atoms with Crippen molar-refractivity contribution in [2.24, 2.45) is 0 Å². The molecule has 2 aromatic carbocycles. The molecule has 2 aromatic rings. The summed E-state index contributed by atoms with van der Waals surface area (Å²) >= 11 is 0.